The average Bonchev–Trinajstić information content (AvgIpc) is 3.33. The lowest BCUT2D eigenvalue weighted by Gasteiger charge is -2.32. The van der Waals surface area contributed by atoms with Gasteiger partial charge in [0.25, 0.3) is 5.91 Å². The molecule has 0 aliphatic carbocycles. The Bertz CT molecular complexity index is 1640. The van der Waals surface area contributed by atoms with Gasteiger partial charge >= 0.3 is 0 Å². The number of fused-ring (bicyclic) bond motifs is 1. The number of carbonyl (C=O) groups excluding carboxylic acids is 3. The molecule has 10 heteroatoms. The molecule has 3 amide bonds. The summed E-state index contributed by atoms with van der Waals surface area (Å²) in [6.07, 6.45) is 0.406. The first kappa shape index (κ1) is 32.8. The SMILES string of the molecule is CN1CCN(CC(=O)N(C)c2ccc(N/C(=C3\C(=O)Nc4cc(F)ccc43)c3cccc(CNC(=O)CC(C)(C)C)c3)cc2)CC1. The van der Waals surface area contributed by atoms with E-state index in [1.165, 1.54) is 12.1 Å². The maximum absolute atomic E-state index is 14.0. The summed E-state index contributed by atoms with van der Waals surface area (Å²) >= 11 is 0. The minimum atomic E-state index is -0.440. The van der Waals surface area contributed by atoms with E-state index >= 15 is 0 Å². The van der Waals surface area contributed by atoms with Gasteiger partial charge in [0, 0.05) is 63.1 Å². The Morgan fingerprint density at radius 2 is 1.70 bits per heavy atom. The minimum absolute atomic E-state index is 0.0194. The van der Waals surface area contributed by atoms with E-state index in [1.54, 1.807) is 18.0 Å². The molecular weight excluding hydrogens is 583 g/mol. The summed E-state index contributed by atoms with van der Waals surface area (Å²) in [5, 5.41) is 9.21. The number of halogens is 1. The fourth-order valence-electron chi connectivity index (χ4n) is 5.61. The van der Waals surface area contributed by atoms with E-state index in [1.807, 2.05) is 69.3 Å². The lowest BCUT2D eigenvalue weighted by atomic mass is 9.92. The van der Waals surface area contributed by atoms with Crippen LogP contribution in [0.2, 0.25) is 0 Å². The predicted octanol–water partition coefficient (Wildman–Crippen LogP) is 5.02. The number of nitrogens with one attached hydrogen (secondary N) is 3. The number of nitrogens with zero attached hydrogens (tertiary/aromatic N) is 3. The van der Waals surface area contributed by atoms with E-state index in [9.17, 15) is 18.8 Å². The van der Waals surface area contributed by atoms with Crippen molar-refractivity contribution in [1.29, 1.82) is 0 Å². The highest BCUT2D eigenvalue weighted by molar-refractivity contribution is 6.37. The summed E-state index contributed by atoms with van der Waals surface area (Å²) in [5.74, 6) is -0.804. The monoisotopic (exact) mass is 626 g/mol. The number of benzene rings is 3. The van der Waals surface area contributed by atoms with Gasteiger partial charge in [0.05, 0.1) is 23.5 Å². The Morgan fingerprint density at radius 1 is 0.978 bits per heavy atom. The lowest BCUT2D eigenvalue weighted by Crippen LogP contribution is -2.48. The predicted molar refractivity (Wildman–Crippen MR) is 182 cm³/mol. The van der Waals surface area contributed by atoms with Crippen LogP contribution in [-0.2, 0) is 20.9 Å². The summed E-state index contributed by atoms with van der Waals surface area (Å²) < 4.78 is 14.0. The second-order valence-corrected chi connectivity index (χ2v) is 13.3. The molecule has 2 aliphatic rings. The molecule has 0 radical (unpaired) electrons. The molecule has 2 aliphatic heterocycles. The van der Waals surface area contributed by atoms with Gasteiger partial charge in [-0.15, -0.1) is 0 Å². The Balaban J connectivity index is 1.40. The van der Waals surface area contributed by atoms with Crippen molar-refractivity contribution in [3.63, 3.8) is 0 Å². The van der Waals surface area contributed by atoms with Crippen LogP contribution in [0.4, 0.5) is 21.5 Å². The number of rotatable bonds is 9. The lowest BCUT2D eigenvalue weighted by molar-refractivity contribution is -0.123. The summed E-state index contributed by atoms with van der Waals surface area (Å²) in [7, 11) is 3.87. The summed E-state index contributed by atoms with van der Waals surface area (Å²) in [6.45, 7) is 10.4. The molecule has 242 valence electrons. The average molecular weight is 627 g/mol. The van der Waals surface area contributed by atoms with Crippen LogP contribution < -0.4 is 20.9 Å². The maximum atomic E-state index is 14.0. The Morgan fingerprint density at radius 3 is 2.39 bits per heavy atom. The molecule has 3 aromatic rings. The van der Waals surface area contributed by atoms with Gasteiger partial charge < -0.3 is 25.8 Å². The molecule has 46 heavy (non-hydrogen) atoms. The van der Waals surface area contributed by atoms with Crippen LogP contribution in [0.3, 0.4) is 0 Å². The van der Waals surface area contributed by atoms with Crippen molar-refractivity contribution in [1.82, 2.24) is 15.1 Å². The summed E-state index contributed by atoms with van der Waals surface area (Å²) in [4.78, 5) is 45.0. The van der Waals surface area contributed by atoms with Crippen LogP contribution in [0.25, 0.3) is 11.3 Å². The molecule has 1 saturated heterocycles. The second-order valence-electron chi connectivity index (χ2n) is 13.3. The quantitative estimate of drug-likeness (QED) is 0.289. The number of hydrogen-bond acceptors (Lipinski definition) is 6. The number of anilines is 3. The zero-order valence-corrected chi connectivity index (χ0v) is 27.2. The molecule has 3 N–H and O–H groups in total. The first-order valence-electron chi connectivity index (χ1n) is 15.6. The van der Waals surface area contributed by atoms with Crippen molar-refractivity contribution in [2.45, 2.75) is 33.7 Å². The Kier molecular flexibility index (Phi) is 9.88. The van der Waals surface area contributed by atoms with Gasteiger partial charge in [-0.05, 0) is 72.1 Å². The highest BCUT2D eigenvalue weighted by Crippen LogP contribution is 2.38. The third kappa shape index (κ3) is 8.18. The zero-order chi connectivity index (χ0) is 33.0. The van der Waals surface area contributed by atoms with E-state index in [0.29, 0.717) is 47.7 Å². The molecule has 0 atom stereocenters. The van der Waals surface area contributed by atoms with Gasteiger partial charge in [-0.2, -0.15) is 0 Å². The third-order valence-electron chi connectivity index (χ3n) is 8.23. The van der Waals surface area contributed by atoms with E-state index in [-0.39, 0.29) is 23.1 Å². The van der Waals surface area contributed by atoms with Gasteiger partial charge in [0.1, 0.15) is 5.82 Å². The molecule has 3 aromatic carbocycles. The van der Waals surface area contributed by atoms with Crippen LogP contribution in [-0.4, -0.2) is 74.3 Å². The minimum Gasteiger partial charge on any atom is -0.354 e. The van der Waals surface area contributed by atoms with Crippen LogP contribution >= 0.6 is 0 Å². The molecule has 2 heterocycles. The molecule has 0 spiro atoms. The van der Waals surface area contributed by atoms with E-state index in [2.05, 4.69) is 32.8 Å². The van der Waals surface area contributed by atoms with Gasteiger partial charge in [0.15, 0.2) is 0 Å². The van der Waals surface area contributed by atoms with Crippen molar-refractivity contribution in [2.24, 2.45) is 5.41 Å². The molecule has 0 aromatic heterocycles. The molecule has 0 unspecified atom stereocenters. The largest absolute Gasteiger partial charge is 0.354 e. The van der Waals surface area contributed by atoms with Crippen LogP contribution in [0.1, 0.15) is 43.9 Å². The van der Waals surface area contributed by atoms with E-state index in [0.717, 1.165) is 43.0 Å². The maximum Gasteiger partial charge on any atom is 0.258 e. The van der Waals surface area contributed by atoms with Crippen molar-refractivity contribution in [3.05, 3.63) is 89.2 Å². The van der Waals surface area contributed by atoms with Crippen molar-refractivity contribution in [3.8, 4) is 0 Å². The number of hydrogen-bond donors (Lipinski definition) is 3. The van der Waals surface area contributed by atoms with Gasteiger partial charge in [-0.3, -0.25) is 19.3 Å². The smallest absolute Gasteiger partial charge is 0.258 e. The van der Waals surface area contributed by atoms with Crippen molar-refractivity contribution in [2.75, 3.05) is 62.4 Å². The Hall–Kier alpha value is -4.54. The van der Waals surface area contributed by atoms with Crippen LogP contribution in [0, 0.1) is 11.2 Å². The molecule has 9 nitrogen and oxygen atoms in total. The molecule has 0 bridgehead atoms. The van der Waals surface area contributed by atoms with Gasteiger partial charge in [0.2, 0.25) is 11.8 Å². The van der Waals surface area contributed by atoms with Crippen LogP contribution in [0.5, 0.6) is 0 Å². The van der Waals surface area contributed by atoms with Crippen LogP contribution in [0.15, 0.2) is 66.7 Å². The van der Waals surface area contributed by atoms with Gasteiger partial charge in [-0.25, -0.2) is 4.39 Å². The Labute approximate surface area is 270 Å². The van der Waals surface area contributed by atoms with Gasteiger partial charge in [-0.1, -0.05) is 39.0 Å². The topological polar surface area (TPSA) is 97.0 Å². The highest BCUT2D eigenvalue weighted by Gasteiger charge is 2.29. The second kappa shape index (κ2) is 13.8. The molecule has 5 rings (SSSR count). The fraction of sp³-hybridized carbons (Fsp3) is 0.361. The molecular formula is C36H43FN6O3. The van der Waals surface area contributed by atoms with E-state index in [4.69, 9.17) is 0 Å². The highest BCUT2D eigenvalue weighted by atomic mass is 19.1. The standard InChI is InChI=1S/C36H43FN6O3/c1-36(2,3)21-31(44)38-22-24-7-6-8-25(19-24)34(33-29-14-9-26(37)20-30(29)40-35(33)46)39-27-10-12-28(13-11-27)42(5)32(45)23-43-17-15-41(4)16-18-43/h6-14,19-20,39H,15-18,21-23H2,1-5H3,(H,38,44)(H,40,46)/b34-33-. The number of carbonyl (C=O) groups is 3. The van der Waals surface area contributed by atoms with Crippen molar-refractivity contribution >= 4 is 46.1 Å². The summed E-state index contributed by atoms with van der Waals surface area (Å²) in [5.41, 5.74) is 4.85. The third-order valence-corrected chi connectivity index (χ3v) is 8.23. The number of likely N-dealkylation sites (N-methyl/N-ethyl adjacent to an activating group) is 2. The fourth-order valence-corrected chi connectivity index (χ4v) is 5.61. The first-order chi connectivity index (χ1) is 21.9. The number of amides is 3. The first-order valence-corrected chi connectivity index (χ1v) is 15.6. The summed E-state index contributed by atoms with van der Waals surface area (Å²) in [6, 6.07) is 19.3. The van der Waals surface area contributed by atoms with E-state index < -0.39 is 5.82 Å². The normalized spacial score (nSPS) is 16.4. The zero-order valence-electron chi connectivity index (χ0n) is 27.2. The molecule has 1 fully saturated rings. The van der Waals surface area contributed by atoms with Crippen molar-refractivity contribution < 1.29 is 18.8 Å². The molecule has 0 saturated carbocycles. The number of piperazine rings is 1.